The molecule has 0 aliphatic carbocycles. The van der Waals surface area contributed by atoms with Crippen LogP contribution in [0.2, 0.25) is 5.02 Å². The number of nitrogens with two attached hydrogens (primary N) is 1. The van der Waals surface area contributed by atoms with Crippen molar-refractivity contribution in [2.75, 3.05) is 13.1 Å². The Labute approximate surface area is 109 Å². The SMILES string of the molecule is CCN(CC(N)=S)C(=O)c1ccc(F)c(Cl)c1. The zero-order valence-electron chi connectivity index (χ0n) is 9.24. The number of carbonyl (C=O) groups excluding carboxylic acids is 1. The minimum atomic E-state index is -0.555. The molecule has 0 saturated heterocycles. The molecule has 0 bridgehead atoms. The number of hydrogen-bond acceptors (Lipinski definition) is 2. The minimum absolute atomic E-state index is 0.0813. The first kappa shape index (κ1) is 13.9. The van der Waals surface area contributed by atoms with Gasteiger partial charge in [-0.25, -0.2) is 4.39 Å². The molecule has 0 radical (unpaired) electrons. The molecule has 2 N–H and O–H groups in total. The lowest BCUT2D eigenvalue weighted by molar-refractivity contribution is 0.0788. The molecule has 1 aromatic rings. The molecule has 0 aliphatic rings. The lowest BCUT2D eigenvalue weighted by Crippen LogP contribution is -2.37. The van der Waals surface area contributed by atoms with Crippen LogP contribution in [-0.4, -0.2) is 28.9 Å². The van der Waals surface area contributed by atoms with Gasteiger partial charge in [0.2, 0.25) is 0 Å². The third-order valence-corrected chi connectivity index (χ3v) is 2.60. The molecule has 0 saturated carbocycles. The molecular formula is C11H12ClFN2OS. The number of carbonyl (C=O) groups is 1. The molecule has 1 amide bonds. The van der Waals surface area contributed by atoms with Crippen molar-refractivity contribution in [2.45, 2.75) is 6.92 Å². The molecule has 6 heteroatoms. The predicted octanol–water partition coefficient (Wildman–Crippen LogP) is 2.23. The number of hydrogen-bond donors (Lipinski definition) is 1. The van der Waals surface area contributed by atoms with Crippen molar-refractivity contribution in [1.29, 1.82) is 0 Å². The smallest absolute Gasteiger partial charge is 0.254 e. The third kappa shape index (κ3) is 3.64. The first-order valence-electron chi connectivity index (χ1n) is 4.98. The van der Waals surface area contributed by atoms with Gasteiger partial charge in [0.25, 0.3) is 5.91 Å². The van der Waals surface area contributed by atoms with Gasteiger partial charge < -0.3 is 10.6 Å². The molecule has 92 valence electrons. The molecule has 0 fully saturated rings. The number of thiocarbonyl (C=S) groups is 1. The van der Waals surface area contributed by atoms with E-state index in [2.05, 4.69) is 0 Å². The third-order valence-electron chi connectivity index (χ3n) is 2.18. The summed E-state index contributed by atoms with van der Waals surface area (Å²) in [6.07, 6.45) is 0. The Morgan fingerprint density at radius 3 is 2.71 bits per heavy atom. The second-order valence-electron chi connectivity index (χ2n) is 3.41. The summed E-state index contributed by atoms with van der Waals surface area (Å²) in [4.78, 5) is 13.7. The van der Waals surface area contributed by atoms with Gasteiger partial charge in [-0.05, 0) is 25.1 Å². The lowest BCUT2D eigenvalue weighted by Gasteiger charge is -2.20. The van der Waals surface area contributed by atoms with E-state index >= 15 is 0 Å². The number of likely N-dealkylation sites (N-methyl/N-ethyl adjacent to an activating group) is 1. The summed E-state index contributed by atoms with van der Waals surface area (Å²) in [6.45, 7) is 2.46. The molecule has 0 atom stereocenters. The largest absolute Gasteiger partial charge is 0.392 e. The number of nitrogens with zero attached hydrogens (tertiary/aromatic N) is 1. The summed E-state index contributed by atoms with van der Waals surface area (Å²) in [7, 11) is 0. The summed E-state index contributed by atoms with van der Waals surface area (Å²) >= 11 is 10.4. The molecule has 0 unspecified atom stereocenters. The Kier molecular flexibility index (Phi) is 4.84. The Bertz CT molecular complexity index is 453. The molecule has 0 aromatic heterocycles. The summed E-state index contributed by atoms with van der Waals surface area (Å²) in [5, 5.41) is -0.0813. The van der Waals surface area contributed by atoms with Crippen molar-refractivity contribution in [3.8, 4) is 0 Å². The highest BCUT2D eigenvalue weighted by Gasteiger charge is 2.15. The fourth-order valence-corrected chi connectivity index (χ4v) is 1.66. The van der Waals surface area contributed by atoms with Gasteiger partial charge >= 0.3 is 0 Å². The van der Waals surface area contributed by atoms with E-state index in [0.29, 0.717) is 12.1 Å². The lowest BCUT2D eigenvalue weighted by atomic mass is 10.2. The summed E-state index contributed by atoms with van der Waals surface area (Å²) in [5.41, 5.74) is 5.70. The van der Waals surface area contributed by atoms with Crippen LogP contribution in [0.1, 0.15) is 17.3 Å². The van der Waals surface area contributed by atoms with E-state index in [9.17, 15) is 9.18 Å². The minimum Gasteiger partial charge on any atom is -0.392 e. The van der Waals surface area contributed by atoms with Crippen molar-refractivity contribution >= 4 is 34.7 Å². The molecule has 1 rings (SSSR count). The van der Waals surface area contributed by atoms with Crippen molar-refractivity contribution in [1.82, 2.24) is 4.90 Å². The number of amides is 1. The Hall–Kier alpha value is -1.20. The highest BCUT2D eigenvalue weighted by atomic mass is 35.5. The second-order valence-corrected chi connectivity index (χ2v) is 4.35. The van der Waals surface area contributed by atoms with Gasteiger partial charge in [-0.2, -0.15) is 0 Å². The molecular weight excluding hydrogens is 263 g/mol. The van der Waals surface area contributed by atoms with Crippen molar-refractivity contribution in [2.24, 2.45) is 5.73 Å². The van der Waals surface area contributed by atoms with E-state index < -0.39 is 5.82 Å². The van der Waals surface area contributed by atoms with E-state index in [0.717, 1.165) is 6.07 Å². The van der Waals surface area contributed by atoms with Gasteiger partial charge in [-0.3, -0.25) is 4.79 Å². The van der Waals surface area contributed by atoms with Gasteiger partial charge in [0.15, 0.2) is 0 Å². The Morgan fingerprint density at radius 1 is 1.59 bits per heavy atom. The van der Waals surface area contributed by atoms with Gasteiger partial charge in [0.05, 0.1) is 16.6 Å². The maximum atomic E-state index is 13.0. The van der Waals surface area contributed by atoms with E-state index in [4.69, 9.17) is 29.6 Å². The molecule has 0 aliphatic heterocycles. The van der Waals surface area contributed by atoms with Crippen LogP contribution in [0.5, 0.6) is 0 Å². The van der Waals surface area contributed by atoms with Crippen molar-refractivity contribution < 1.29 is 9.18 Å². The number of halogens is 2. The fourth-order valence-electron chi connectivity index (χ4n) is 1.33. The zero-order valence-corrected chi connectivity index (χ0v) is 10.8. The van der Waals surface area contributed by atoms with Crippen LogP contribution in [0.25, 0.3) is 0 Å². The molecule has 17 heavy (non-hydrogen) atoms. The molecule has 3 nitrogen and oxygen atoms in total. The van der Waals surface area contributed by atoms with E-state index in [-0.39, 0.29) is 22.5 Å². The normalized spacial score (nSPS) is 10.1. The van der Waals surface area contributed by atoms with Gasteiger partial charge in [-0.15, -0.1) is 0 Å². The van der Waals surface area contributed by atoms with E-state index in [1.807, 2.05) is 0 Å². The topological polar surface area (TPSA) is 46.3 Å². The maximum absolute atomic E-state index is 13.0. The average Bonchev–Trinajstić information content (AvgIpc) is 2.28. The summed E-state index contributed by atoms with van der Waals surface area (Å²) < 4.78 is 13.0. The summed E-state index contributed by atoms with van der Waals surface area (Å²) in [6, 6.07) is 3.83. The van der Waals surface area contributed by atoms with Crippen LogP contribution in [0.3, 0.4) is 0 Å². The predicted molar refractivity (Wildman–Crippen MR) is 69.8 cm³/mol. The highest BCUT2D eigenvalue weighted by molar-refractivity contribution is 7.80. The molecule has 0 spiro atoms. The Balaban J connectivity index is 2.93. The Morgan fingerprint density at radius 2 is 2.24 bits per heavy atom. The van der Waals surface area contributed by atoms with Crippen LogP contribution in [-0.2, 0) is 0 Å². The number of benzene rings is 1. The highest BCUT2D eigenvalue weighted by Crippen LogP contribution is 2.17. The standard InChI is InChI=1S/C11H12ClFN2OS/c1-2-15(6-10(14)17)11(16)7-3-4-9(13)8(12)5-7/h3-5H,2,6H2,1H3,(H2,14,17). The van der Waals surface area contributed by atoms with Gasteiger partial charge in [-0.1, -0.05) is 23.8 Å². The fraction of sp³-hybridized carbons (Fsp3) is 0.273. The average molecular weight is 275 g/mol. The van der Waals surface area contributed by atoms with Gasteiger partial charge in [0, 0.05) is 12.1 Å². The van der Waals surface area contributed by atoms with Crippen LogP contribution in [0.15, 0.2) is 18.2 Å². The maximum Gasteiger partial charge on any atom is 0.254 e. The number of rotatable bonds is 4. The molecule has 1 aromatic carbocycles. The van der Waals surface area contributed by atoms with E-state index in [1.54, 1.807) is 6.92 Å². The molecule has 0 heterocycles. The second kappa shape index (κ2) is 5.93. The van der Waals surface area contributed by atoms with Gasteiger partial charge in [0.1, 0.15) is 5.82 Å². The first-order valence-corrected chi connectivity index (χ1v) is 5.77. The zero-order chi connectivity index (χ0) is 13.0. The monoisotopic (exact) mass is 274 g/mol. The van der Waals surface area contributed by atoms with Crippen LogP contribution in [0, 0.1) is 5.82 Å². The van der Waals surface area contributed by atoms with Crippen LogP contribution < -0.4 is 5.73 Å². The van der Waals surface area contributed by atoms with Crippen molar-refractivity contribution in [3.05, 3.63) is 34.6 Å². The summed E-state index contributed by atoms with van der Waals surface area (Å²) in [5.74, 6) is -0.831. The first-order chi connectivity index (χ1) is 7.95. The van der Waals surface area contributed by atoms with Crippen molar-refractivity contribution in [3.63, 3.8) is 0 Å². The quantitative estimate of drug-likeness (QED) is 0.857. The van der Waals surface area contributed by atoms with E-state index in [1.165, 1.54) is 17.0 Å². The van der Waals surface area contributed by atoms with Crippen LogP contribution in [0.4, 0.5) is 4.39 Å². The van der Waals surface area contributed by atoms with Crippen LogP contribution >= 0.6 is 23.8 Å².